The molecule has 1 nitrogen and oxygen atoms in total. The Bertz CT molecular complexity index is 335. The van der Waals surface area contributed by atoms with Gasteiger partial charge in [-0.15, -0.1) is 0 Å². The number of hydrogen-bond donors (Lipinski definition) is 0. The van der Waals surface area contributed by atoms with E-state index in [1.54, 1.807) is 0 Å². The number of ether oxygens (including phenoxy) is 1. The van der Waals surface area contributed by atoms with Gasteiger partial charge < -0.3 is 4.74 Å². The van der Waals surface area contributed by atoms with Gasteiger partial charge in [0.05, 0.1) is 12.7 Å². The van der Waals surface area contributed by atoms with Gasteiger partial charge >= 0.3 is 0 Å². The predicted octanol–water partition coefficient (Wildman–Crippen LogP) is 5.05. The molecule has 18 heavy (non-hydrogen) atoms. The first-order valence-corrected chi connectivity index (χ1v) is 7.50. The van der Waals surface area contributed by atoms with Crippen molar-refractivity contribution >= 4 is 0 Å². The highest BCUT2D eigenvalue weighted by Gasteiger charge is 2.13. The quantitative estimate of drug-likeness (QED) is 0.706. The SMILES string of the molecule is CCC(C)c1ccc(COC2CCCCC2)cc1. The molecule has 2 rings (SSSR count). The highest BCUT2D eigenvalue weighted by Crippen LogP contribution is 2.22. The number of benzene rings is 1. The first-order valence-electron chi connectivity index (χ1n) is 7.50. The van der Waals surface area contributed by atoms with E-state index in [1.807, 2.05) is 0 Å². The summed E-state index contributed by atoms with van der Waals surface area (Å²) >= 11 is 0. The Morgan fingerprint density at radius 1 is 1.11 bits per heavy atom. The molecular weight excluding hydrogens is 220 g/mol. The number of rotatable bonds is 5. The maximum atomic E-state index is 6.00. The zero-order valence-corrected chi connectivity index (χ0v) is 11.8. The van der Waals surface area contributed by atoms with Gasteiger partial charge in [0.2, 0.25) is 0 Å². The molecule has 1 heteroatoms. The molecule has 0 bridgehead atoms. The summed E-state index contributed by atoms with van der Waals surface area (Å²) in [5.74, 6) is 0.665. The summed E-state index contributed by atoms with van der Waals surface area (Å²) in [4.78, 5) is 0. The van der Waals surface area contributed by atoms with Gasteiger partial charge in [0, 0.05) is 0 Å². The van der Waals surface area contributed by atoms with Crippen molar-refractivity contribution < 1.29 is 4.74 Å². The molecule has 0 N–H and O–H groups in total. The highest BCUT2D eigenvalue weighted by molar-refractivity contribution is 5.24. The lowest BCUT2D eigenvalue weighted by Crippen LogP contribution is -2.16. The van der Waals surface area contributed by atoms with Crippen molar-refractivity contribution in [2.24, 2.45) is 0 Å². The van der Waals surface area contributed by atoms with Crippen LogP contribution in [0.3, 0.4) is 0 Å². The Labute approximate surface area is 112 Å². The van der Waals surface area contributed by atoms with Crippen LogP contribution >= 0.6 is 0 Å². The monoisotopic (exact) mass is 246 g/mol. The van der Waals surface area contributed by atoms with Gasteiger partial charge in [-0.2, -0.15) is 0 Å². The molecule has 1 aromatic rings. The largest absolute Gasteiger partial charge is 0.374 e. The van der Waals surface area contributed by atoms with Crippen LogP contribution in [0.4, 0.5) is 0 Å². The van der Waals surface area contributed by atoms with Crippen LogP contribution in [0.2, 0.25) is 0 Å². The second kappa shape index (κ2) is 6.94. The van der Waals surface area contributed by atoms with Crippen molar-refractivity contribution in [3.63, 3.8) is 0 Å². The molecule has 0 aromatic heterocycles. The Morgan fingerprint density at radius 2 is 1.78 bits per heavy atom. The van der Waals surface area contributed by atoms with E-state index in [-0.39, 0.29) is 0 Å². The molecule has 1 saturated carbocycles. The Hall–Kier alpha value is -0.820. The van der Waals surface area contributed by atoms with E-state index in [0.29, 0.717) is 12.0 Å². The first kappa shape index (κ1) is 13.6. The van der Waals surface area contributed by atoms with Crippen LogP contribution in [-0.4, -0.2) is 6.10 Å². The van der Waals surface area contributed by atoms with Crippen molar-refractivity contribution in [3.05, 3.63) is 35.4 Å². The van der Waals surface area contributed by atoms with E-state index < -0.39 is 0 Å². The van der Waals surface area contributed by atoms with Crippen LogP contribution in [0.15, 0.2) is 24.3 Å². The van der Waals surface area contributed by atoms with E-state index in [2.05, 4.69) is 38.1 Å². The molecule has 1 unspecified atom stereocenters. The Balaban J connectivity index is 1.82. The summed E-state index contributed by atoms with van der Waals surface area (Å²) in [5.41, 5.74) is 2.76. The fourth-order valence-electron chi connectivity index (χ4n) is 2.62. The molecule has 1 atom stereocenters. The summed E-state index contributed by atoms with van der Waals surface area (Å²) in [7, 11) is 0. The molecule has 0 amide bonds. The minimum absolute atomic E-state index is 0.507. The van der Waals surface area contributed by atoms with E-state index in [0.717, 1.165) is 6.61 Å². The Kier molecular flexibility index (Phi) is 5.25. The summed E-state index contributed by atoms with van der Waals surface area (Å²) in [6.45, 7) is 5.31. The second-order valence-electron chi connectivity index (χ2n) is 5.62. The summed E-state index contributed by atoms with van der Waals surface area (Å²) < 4.78 is 6.00. The van der Waals surface area contributed by atoms with Crippen LogP contribution in [0.5, 0.6) is 0 Å². The molecule has 0 spiro atoms. The maximum absolute atomic E-state index is 6.00. The molecule has 1 aromatic carbocycles. The maximum Gasteiger partial charge on any atom is 0.0720 e. The van der Waals surface area contributed by atoms with Gasteiger partial charge in [-0.25, -0.2) is 0 Å². The highest BCUT2D eigenvalue weighted by atomic mass is 16.5. The fraction of sp³-hybridized carbons (Fsp3) is 0.647. The van der Waals surface area contributed by atoms with Crippen molar-refractivity contribution in [2.45, 2.75) is 71.0 Å². The minimum Gasteiger partial charge on any atom is -0.374 e. The van der Waals surface area contributed by atoms with Crippen molar-refractivity contribution in [1.82, 2.24) is 0 Å². The Morgan fingerprint density at radius 3 is 2.39 bits per heavy atom. The van der Waals surface area contributed by atoms with Crippen molar-refractivity contribution in [1.29, 1.82) is 0 Å². The molecule has 1 aliphatic carbocycles. The van der Waals surface area contributed by atoms with E-state index in [1.165, 1.54) is 49.7 Å². The van der Waals surface area contributed by atoms with Crippen LogP contribution in [0, 0.1) is 0 Å². The van der Waals surface area contributed by atoms with Gasteiger partial charge in [0.1, 0.15) is 0 Å². The third-order valence-corrected chi connectivity index (χ3v) is 4.20. The van der Waals surface area contributed by atoms with Crippen molar-refractivity contribution in [2.75, 3.05) is 0 Å². The normalized spacial score (nSPS) is 18.8. The average molecular weight is 246 g/mol. The van der Waals surface area contributed by atoms with Crippen LogP contribution in [0.1, 0.15) is 69.4 Å². The molecule has 1 fully saturated rings. The van der Waals surface area contributed by atoms with Crippen LogP contribution < -0.4 is 0 Å². The predicted molar refractivity (Wildman–Crippen MR) is 76.8 cm³/mol. The fourth-order valence-corrected chi connectivity index (χ4v) is 2.62. The molecule has 100 valence electrons. The third-order valence-electron chi connectivity index (χ3n) is 4.20. The van der Waals surface area contributed by atoms with E-state index >= 15 is 0 Å². The minimum atomic E-state index is 0.507. The van der Waals surface area contributed by atoms with Crippen LogP contribution in [-0.2, 0) is 11.3 Å². The average Bonchev–Trinajstić information content (AvgIpc) is 2.46. The standard InChI is InChI=1S/C17H26O/c1-3-14(2)16-11-9-15(10-12-16)13-18-17-7-5-4-6-8-17/h9-12,14,17H,3-8,13H2,1-2H3. The summed E-state index contributed by atoms with van der Waals surface area (Å²) in [6, 6.07) is 8.97. The van der Waals surface area contributed by atoms with Gasteiger partial charge in [-0.1, -0.05) is 57.4 Å². The molecule has 0 saturated heterocycles. The zero-order chi connectivity index (χ0) is 12.8. The van der Waals surface area contributed by atoms with E-state index in [4.69, 9.17) is 4.74 Å². The first-order chi connectivity index (χ1) is 8.79. The van der Waals surface area contributed by atoms with Gasteiger partial charge in [0.25, 0.3) is 0 Å². The molecule has 0 heterocycles. The van der Waals surface area contributed by atoms with Crippen LogP contribution in [0.25, 0.3) is 0 Å². The lowest BCUT2D eigenvalue weighted by Gasteiger charge is -2.22. The summed E-state index contributed by atoms with van der Waals surface area (Å²) in [5, 5.41) is 0. The molecular formula is C17H26O. The van der Waals surface area contributed by atoms with Gasteiger partial charge in [-0.05, 0) is 36.3 Å². The molecule has 0 radical (unpaired) electrons. The second-order valence-corrected chi connectivity index (χ2v) is 5.62. The number of hydrogen-bond acceptors (Lipinski definition) is 1. The van der Waals surface area contributed by atoms with Crippen molar-refractivity contribution in [3.8, 4) is 0 Å². The molecule has 0 aliphatic heterocycles. The van der Waals surface area contributed by atoms with Gasteiger partial charge in [0.15, 0.2) is 0 Å². The van der Waals surface area contributed by atoms with Gasteiger partial charge in [-0.3, -0.25) is 0 Å². The zero-order valence-electron chi connectivity index (χ0n) is 11.8. The smallest absolute Gasteiger partial charge is 0.0720 e. The topological polar surface area (TPSA) is 9.23 Å². The summed E-state index contributed by atoms with van der Waals surface area (Å²) in [6.07, 6.45) is 8.31. The lowest BCUT2D eigenvalue weighted by molar-refractivity contribution is 0.0168. The molecule has 1 aliphatic rings. The third kappa shape index (κ3) is 3.84. The lowest BCUT2D eigenvalue weighted by atomic mass is 9.97. The van der Waals surface area contributed by atoms with E-state index in [9.17, 15) is 0 Å².